The standard InChI is InChI=1S/C22H14Cl2N6O2S/c23-12-4-5-13(24)16(9-12)27-21-26-15(10-19(31)29-21)11-3-6-14-17(8-11)28-22(25-14)30-20(32)18-2-1-7-33-18/h1-10H,(H2,25,28,30,32)(H2,26,27,29,31). The lowest BCUT2D eigenvalue weighted by Crippen LogP contribution is -2.11. The maximum atomic E-state index is 12.3. The largest absolute Gasteiger partial charge is 0.324 e. The highest BCUT2D eigenvalue weighted by Gasteiger charge is 2.12. The summed E-state index contributed by atoms with van der Waals surface area (Å²) < 4.78 is 0. The number of hydrogen-bond donors (Lipinski definition) is 4. The number of halogens is 2. The number of carbonyl (C=O) groups is 1. The van der Waals surface area contributed by atoms with Crippen molar-refractivity contribution in [2.24, 2.45) is 0 Å². The Bertz CT molecular complexity index is 1540. The first-order valence-electron chi connectivity index (χ1n) is 9.63. The topological polar surface area (TPSA) is 116 Å². The molecule has 0 aliphatic heterocycles. The number of aromatic amines is 2. The average Bonchev–Trinajstić information content (AvgIpc) is 3.45. The van der Waals surface area contributed by atoms with Crippen LogP contribution in [0.4, 0.5) is 17.6 Å². The molecule has 164 valence electrons. The third-order valence-corrected chi connectivity index (χ3v) is 6.11. The number of nitrogens with one attached hydrogen (secondary N) is 4. The maximum Gasteiger partial charge on any atom is 0.268 e. The van der Waals surface area contributed by atoms with Crippen LogP contribution in [0.2, 0.25) is 10.0 Å². The van der Waals surface area contributed by atoms with Crippen molar-refractivity contribution in [1.82, 2.24) is 19.9 Å². The second kappa shape index (κ2) is 8.70. The van der Waals surface area contributed by atoms with Crippen LogP contribution in [-0.2, 0) is 0 Å². The molecule has 0 saturated carbocycles. The Morgan fingerprint density at radius 2 is 1.85 bits per heavy atom. The summed E-state index contributed by atoms with van der Waals surface area (Å²) in [5, 5.41) is 8.50. The van der Waals surface area contributed by atoms with E-state index in [1.807, 2.05) is 11.4 Å². The van der Waals surface area contributed by atoms with Crippen LogP contribution in [0.1, 0.15) is 9.67 Å². The number of amides is 1. The van der Waals surface area contributed by atoms with Gasteiger partial charge >= 0.3 is 0 Å². The van der Waals surface area contributed by atoms with Crippen LogP contribution in [-0.4, -0.2) is 25.8 Å². The highest BCUT2D eigenvalue weighted by atomic mass is 35.5. The molecule has 0 radical (unpaired) electrons. The molecule has 0 aliphatic carbocycles. The maximum absolute atomic E-state index is 12.3. The Labute approximate surface area is 200 Å². The van der Waals surface area contributed by atoms with Crippen molar-refractivity contribution >= 4 is 69.1 Å². The second-order valence-corrected chi connectivity index (χ2v) is 8.77. The molecule has 11 heteroatoms. The smallest absolute Gasteiger partial charge is 0.268 e. The average molecular weight is 497 g/mol. The van der Waals surface area contributed by atoms with Crippen molar-refractivity contribution in [2.45, 2.75) is 0 Å². The van der Waals surface area contributed by atoms with Crippen molar-refractivity contribution in [3.05, 3.63) is 85.3 Å². The van der Waals surface area contributed by atoms with Crippen molar-refractivity contribution in [3.8, 4) is 11.3 Å². The zero-order valence-electron chi connectivity index (χ0n) is 16.6. The van der Waals surface area contributed by atoms with Crippen LogP contribution in [0.3, 0.4) is 0 Å². The van der Waals surface area contributed by atoms with Crippen molar-refractivity contribution in [2.75, 3.05) is 10.6 Å². The van der Waals surface area contributed by atoms with Gasteiger partial charge in [0.05, 0.1) is 32.3 Å². The number of hydrogen-bond acceptors (Lipinski definition) is 6. The molecule has 3 heterocycles. The molecule has 0 unspecified atom stereocenters. The summed E-state index contributed by atoms with van der Waals surface area (Å²) in [5.74, 6) is 0.309. The zero-order valence-corrected chi connectivity index (χ0v) is 19.0. The first-order valence-corrected chi connectivity index (χ1v) is 11.3. The molecule has 5 rings (SSSR count). The normalized spacial score (nSPS) is 11.0. The van der Waals surface area contributed by atoms with Crippen molar-refractivity contribution < 1.29 is 4.79 Å². The summed E-state index contributed by atoms with van der Waals surface area (Å²) in [4.78, 5) is 39.7. The Balaban J connectivity index is 1.44. The molecule has 5 aromatic rings. The number of carbonyl (C=O) groups excluding carboxylic acids is 1. The molecule has 0 atom stereocenters. The number of H-pyrrole nitrogens is 2. The van der Waals surface area contributed by atoms with E-state index in [1.165, 1.54) is 17.4 Å². The summed E-state index contributed by atoms with van der Waals surface area (Å²) in [5.41, 5.74) is 2.65. The molecular weight excluding hydrogens is 483 g/mol. The molecule has 1 amide bonds. The molecule has 33 heavy (non-hydrogen) atoms. The Morgan fingerprint density at radius 1 is 0.970 bits per heavy atom. The molecule has 0 spiro atoms. The predicted octanol–water partition coefficient (Wildman–Crippen LogP) is 5.68. The minimum Gasteiger partial charge on any atom is -0.324 e. The Hall–Kier alpha value is -3.66. The summed E-state index contributed by atoms with van der Waals surface area (Å²) in [6.07, 6.45) is 0. The third kappa shape index (κ3) is 4.61. The molecule has 4 N–H and O–H groups in total. The van der Waals surface area contributed by atoms with Crippen LogP contribution in [0.15, 0.2) is 64.8 Å². The monoisotopic (exact) mass is 496 g/mol. The van der Waals surface area contributed by atoms with E-state index < -0.39 is 0 Å². The van der Waals surface area contributed by atoms with Gasteiger partial charge in [0.25, 0.3) is 11.5 Å². The van der Waals surface area contributed by atoms with Crippen LogP contribution in [0, 0.1) is 0 Å². The van der Waals surface area contributed by atoms with Crippen LogP contribution in [0.25, 0.3) is 22.3 Å². The summed E-state index contributed by atoms with van der Waals surface area (Å²) in [6, 6.07) is 15.3. The van der Waals surface area contributed by atoms with Gasteiger partial charge in [0.2, 0.25) is 11.9 Å². The van der Waals surface area contributed by atoms with E-state index in [4.69, 9.17) is 23.2 Å². The molecule has 8 nitrogen and oxygen atoms in total. The lowest BCUT2D eigenvalue weighted by atomic mass is 10.1. The third-order valence-electron chi connectivity index (χ3n) is 4.68. The molecule has 0 saturated heterocycles. The highest BCUT2D eigenvalue weighted by molar-refractivity contribution is 7.12. The molecule has 0 bridgehead atoms. The van der Waals surface area contributed by atoms with Crippen LogP contribution < -0.4 is 16.2 Å². The Kier molecular flexibility index (Phi) is 5.59. The fraction of sp³-hybridized carbons (Fsp3) is 0. The van der Waals surface area contributed by atoms with Gasteiger partial charge in [-0.3, -0.25) is 19.9 Å². The summed E-state index contributed by atoms with van der Waals surface area (Å²) in [6.45, 7) is 0. The van der Waals surface area contributed by atoms with Crippen LogP contribution in [0.5, 0.6) is 0 Å². The number of benzene rings is 2. The van der Waals surface area contributed by atoms with E-state index >= 15 is 0 Å². The highest BCUT2D eigenvalue weighted by Crippen LogP contribution is 2.28. The number of nitrogens with zero attached hydrogens (tertiary/aromatic N) is 2. The van der Waals surface area contributed by atoms with E-state index in [9.17, 15) is 9.59 Å². The SMILES string of the molecule is O=C(Nc1nc2ccc(-c3cc(=O)[nH]c(Nc4cc(Cl)ccc4Cl)n3)cc2[nH]1)c1cccs1. The lowest BCUT2D eigenvalue weighted by molar-refractivity contribution is 0.103. The quantitative estimate of drug-likeness (QED) is 0.250. The number of imidazole rings is 1. The molecule has 3 aromatic heterocycles. The number of aromatic nitrogens is 4. The van der Waals surface area contributed by atoms with E-state index in [2.05, 4.69) is 30.6 Å². The van der Waals surface area contributed by atoms with E-state index in [0.717, 1.165) is 0 Å². The minimum atomic E-state index is -0.339. The van der Waals surface area contributed by atoms with Crippen LogP contribution >= 0.6 is 34.5 Å². The fourth-order valence-electron chi connectivity index (χ4n) is 3.19. The van der Waals surface area contributed by atoms with Gasteiger partial charge in [-0.2, -0.15) is 0 Å². The van der Waals surface area contributed by atoms with Gasteiger partial charge in [0.1, 0.15) is 0 Å². The lowest BCUT2D eigenvalue weighted by Gasteiger charge is -2.09. The van der Waals surface area contributed by atoms with E-state index in [0.29, 0.717) is 48.8 Å². The second-order valence-electron chi connectivity index (χ2n) is 6.98. The molecule has 0 fully saturated rings. The Morgan fingerprint density at radius 3 is 2.67 bits per heavy atom. The summed E-state index contributed by atoms with van der Waals surface area (Å²) >= 11 is 13.6. The van der Waals surface area contributed by atoms with Gasteiger partial charge in [-0.15, -0.1) is 11.3 Å². The number of thiophene rings is 1. The fourth-order valence-corrected chi connectivity index (χ4v) is 4.15. The van der Waals surface area contributed by atoms with Gasteiger partial charge in [0.15, 0.2) is 0 Å². The first-order chi connectivity index (χ1) is 15.9. The van der Waals surface area contributed by atoms with E-state index in [1.54, 1.807) is 42.5 Å². The van der Waals surface area contributed by atoms with Gasteiger partial charge in [-0.1, -0.05) is 35.3 Å². The number of rotatable bonds is 5. The predicted molar refractivity (Wildman–Crippen MR) is 132 cm³/mol. The zero-order chi connectivity index (χ0) is 22.9. The number of fused-ring (bicyclic) bond motifs is 1. The number of anilines is 3. The van der Waals surface area contributed by atoms with Gasteiger partial charge < -0.3 is 10.3 Å². The van der Waals surface area contributed by atoms with Gasteiger partial charge in [0, 0.05) is 16.7 Å². The molecular formula is C22H14Cl2N6O2S. The van der Waals surface area contributed by atoms with Crippen molar-refractivity contribution in [3.63, 3.8) is 0 Å². The van der Waals surface area contributed by atoms with Crippen molar-refractivity contribution in [1.29, 1.82) is 0 Å². The molecule has 0 aliphatic rings. The summed E-state index contributed by atoms with van der Waals surface area (Å²) in [7, 11) is 0. The van der Waals surface area contributed by atoms with Gasteiger partial charge in [-0.25, -0.2) is 9.97 Å². The molecule has 2 aromatic carbocycles. The van der Waals surface area contributed by atoms with Gasteiger partial charge in [-0.05, 0) is 41.8 Å². The van der Waals surface area contributed by atoms with E-state index in [-0.39, 0.29) is 17.4 Å². The minimum absolute atomic E-state index is 0.218. The first kappa shape index (κ1) is 21.2.